The van der Waals surface area contributed by atoms with E-state index in [0.29, 0.717) is 6.54 Å². The molecular formula is C15H23N3O2. The number of aromatic nitrogens is 1. The van der Waals surface area contributed by atoms with E-state index in [4.69, 9.17) is 0 Å². The lowest BCUT2D eigenvalue weighted by atomic mass is 9.99. The molecule has 1 fully saturated rings. The second-order valence-electron chi connectivity index (χ2n) is 5.33. The number of aliphatic hydroxyl groups excluding tert-OH is 1. The van der Waals surface area contributed by atoms with E-state index in [9.17, 15) is 9.90 Å². The summed E-state index contributed by atoms with van der Waals surface area (Å²) < 4.78 is 0. The maximum Gasteiger partial charge on any atom is 0.317 e. The van der Waals surface area contributed by atoms with E-state index in [1.807, 2.05) is 17.0 Å². The molecule has 0 radical (unpaired) electrons. The van der Waals surface area contributed by atoms with Crippen molar-refractivity contribution in [2.45, 2.75) is 32.2 Å². The minimum atomic E-state index is -0.0354. The molecule has 0 aromatic carbocycles. The summed E-state index contributed by atoms with van der Waals surface area (Å²) in [5.74, 6) is 0.218. The molecular weight excluding hydrogens is 254 g/mol. The number of nitrogens with zero attached hydrogens (tertiary/aromatic N) is 2. The monoisotopic (exact) mass is 277 g/mol. The highest BCUT2D eigenvalue weighted by Crippen LogP contribution is 2.19. The summed E-state index contributed by atoms with van der Waals surface area (Å²) in [4.78, 5) is 18.1. The van der Waals surface area contributed by atoms with Crippen molar-refractivity contribution < 1.29 is 9.90 Å². The standard InChI is InChI=1S/C15H23N3O2/c1-2-14(13-5-7-16-8-6-13)17-15(20)18-9-3-4-12(10-18)11-19/h5-8,12,14,19H,2-4,9-11H2,1H3,(H,17,20)/t12-,14+/m0/s1. The molecule has 2 heterocycles. The lowest BCUT2D eigenvalue weighted by Crippen LogP contribution is -2.47. The summed E-state index contributed by atoms with van der Waals surface area (Å²) in [5.41, 5.74) is 1.08. The molecule has 0 aliphatic carbocycles. The predicted molar refractivity (Wildman–Crippen MR) is 77.2 cm³/mol. The largest absolute Gasteiger partial charge is 0.396 e. The Morgan fingerprint density at radius 2 is 2.30 bits per heavy atom. The van der Waals surface area contributed by atoms with Gasteiger partial charge >= 0.3 is 6.03 Å². The number of aliphatic hydroxyl groups is 1. The van der Waals surface area contributed by atoms with Crippen LogP contribution >= 0.6 is 0 Å². The van der Waals surface area contributed by atoms with Crippen molar-refractivity contribution in [3.05, 3.63) is 30.1 Å². The number of pyridine rings is 1. The van der Waals surface area contributed by atoms with Gasteiger partial charge in [-0.05, 0) is 42.9 Å². The minimum Gasteiger partial charge on any atom is -0.396 e. The number of urea groups is 1. The van der Waals surface area contributed by atoms with Crippen molar-refractivity contribution in [3.8, 4) is 0 Å². The van der Waals surface area contributed by atoms with E-state index >= 15 is 0 Å². The van der Waals surface area contributed by atoms with Crippen molar-refractivity contribution in [2.24, 2.45) is 5.92 Å². The topological polar surface area (TPSA) is 65.5 Å². The van der Waals surface area contributed by atoms with Crippen LogP contribution in [-0.4, -0.2) is 40.7 Å². The Balaban J connectivity index is 1.95. The highest BCUT2D eigenvalue weighted by molar-refractivity contribution is 5.74. The summed E-state index contributed by atoms with van der Waals surface area (Å²) >= 11 is 0. The molecule has 110 valence electrons. The summed E-state index contributed by atoms with van der Waals surface area (Å²) in [5, 5.41) is 12.3. The van der Waals surface area contributed by atoms with Gasteiger partial charge in [-0.15, -0.1) is 0 Å². The third-order valence-electron chi connectivity index (χ3n) is 3.88. The summed E-state index contributed by atoms with van der Waals surface area (Å²) in [6.07, 6.45) is 6.29. The van der Waals surface area contributed by atoms with Gasteiger partial charge in [0.2, 0.25) is 0 Å². The molecule has 20 heavy (non-hydrogen) atoms. The van der Waals surface area contributed by atoms with Gasteiger partial charge in [-0.25, -0.2) is 4.79 Å². The van der Waals surface area contributed by atoms with E-state index in [-0.39, 0.29) is 24.6 Å². The van der Waals surface area contributed by atoms with Gasteiger partial charge in [0.25, 0.3) is 0 Å². The second-order valence-corrected chi connectivity index (χ2v) is 5.33. The average Bonchev–Trinajstić information content (AvgIpc) is 2.53. The van der Waals surface area contributed by atoms with Crippen molar-refractivity contribution in [3.63, 3.8) is 0 Å². The number of carbonyl (C=O) groups is 1. The lowest BCUT2D eigenvalue weighted by Gasteiger charge is -2.33. The third-order valence-corrected chi connectivity index (χ3v) is 3.88. The van der Waals surface area contributed by atoms with Crippen LogP contribution in [0.25, 0.3) is 0 Å². The first-order chi connectivity index (χ1) is 9.74. The van der Waals surface area contributed by atoms with E-state index < -0.39 is 0 Å². The van der Waals surface area contributed by atoms with Gasteiger partial charge in [0, 0.05) is 32.1 Å². The van der Waals surface area contributed by atoms with Crippen molar-refractivity contribution in [1.82, 2.24) is 15.2 Å². The molecule has 0 saturated carbocycles. The second kappa shape index (κ2) is 7.24. The van der Waals surface area contributed by atoms with E-state index in [2.05, 4.69) is 17.2 Å². The number of amides is 2. The van der Waals surface area contributed by atoms with Crippen LogP contribution in [0.3, 0.4) is 0 Å². The lowest BCUT2D eigenvalue weighted by molar-refractivity contribution is 0.127. The van der Waals surface area contributed by atoms with Gasteiger partial charge < -0.3 is 15.3 Å². The normalized spacial score (nSPS) is 20.5. The summed E-state index contributed by atoms with van der Waals surface area (Å²) in [6, 6.07) is 3.84. The summed E-state index contributed by atoms with van der Waals surface area (Å²) in [7, 11) is 0. The van der Waals surface area contributed by atoms with Gasteiger partial charge in [0.05, 0.1) is 6.04 Å². The van der Waals surface area contributed by atoms with Crippen LogP contribution in [0.5, 0.6) is 0 Å². The molecule has 2 atom stereocenters. The van der Waals surface area contributed by atoms with Crippen LogP contribution in [0.1, 0.15) is 37.8 Å². The van der Waals surface area contributed by atoms with Crippen molar-refractivity contribution in [2.75, 3.05) is 19.7 Å². The third kappa shape index (κ3) is 3.70. The van der Waals surface area contributed by atoms with Gasteiger partial charge in [0.15, 0.2) is 0 Å². The number of likely N-dealkylation sites (tertiary alicyclic amines) is 1. The number of piperidine rings is 1. The summed E-state index contributed by atoms with van der Waals surface area (Å²) in [6.45, 7) is 3.63. The smallest absolute Gasteiger partial charge is 0.317 e. The molecule has 2 rings (SSSR count). The zero-order chi connectivity index (χ0) is 14.4. The van der Waals surface area contributed by atoms with E-state index in [1.54, 1.807) is 12.4 Å². The first kappa shape index (κ1) is 14.8. The molecule has 0 bridgehead atoms. The van der Waals surface area contributed by atoms with Crippen LogP contribution in [0.2, 0.25) is 0 Å². The highest BCUT2D eigenvalue weighted by atomic mass is 16.3. The average molecular weight is 277 g/mol. The number of nitrogens with one attached hydrogen (secondary N) is 1. The maximum absolute atomic E-state index is 12.3. The van der Waals surface area contributed by atoms with Gasteiger partial charge in [0.1, 0.15) is 0 Å². The molecule has 1 aromatic rings. The zero-order valence-electron chi connectivity index (χ0n) is 12.0. The molecule has 1 aliphatic rings. The van der Waals surface area contributed by atoms with E-state index in [0.717, 1.165) is 31.4 Å². The number of hydrogen-bond acceptors (Lipinski definition) is 3. The fourth-order valence-electron chi connectivity index (χ4n) is 2.66. The Morgan fingerprint density at radius 3 is 2.95 bits per heavy atom. The van der Waals surface area contributed by atoms with Crippen LogP contribution in [0.4, 0.5) is 4.79 Å². The fraction of sp³-hybridized carbons (Fsp3) is 0.600. The molecule has 1 aromatic heterocycles. The van der Waals surface area contributed by atoms with Gasteiger partial charge in [-0.3, -0.25) is 4.98 Å². The number of hydrogen-bond donors (Lipinski definition) is 2. The Labute approximate surface area is 120 Å². The first-order valence-electron chi connectivity index (χ1n) is 7.30. The predicted octanol–water partition coefficient (Wildman–Crippen LogP) is 1.95. The molecule has 2 amide bonds. The zero-order valence-corrected chi connectivity index (χ0v) is 12.0. The molecule has 2 N–H and O–H groups in total. The Morgan fingerprint density at radius 1 is 1.55 bits per heavy atom. The van der Waals surface area contributed by atoms with Crippen molar-refractivity contribution >= 4 is 6.03 Å². The fourth-order valence-corrected chi connectivity index (χ4v) is 2.66. The molecule has 5 heteroatoms. The Hall–Kier alpha value is -1.62. The SMILES string of the molecule is CC[C@@H](NC(=O)N1CCC[C@H](CO)C1)c1ccncc1. The quantitative estimate of drug-likeness (QED) is 0.884. The van der Waals surface area contributed by atoms with Gasteiger partial charge in [-0.1, -0.05) is 6.92 Å². The molecule has 5 nitrogen and oxygen atoms in total. The van der Waals surface area contributed by atoms with Crippen LogP contribution in [-0.2, 0) is 0 Å². The molecule has 1 saturated heterocycles. The number of carbonyl (C=O) groups excluding carboxylic acids is 1. The number of rotatable bonds is 4. The Kier molecular flexibility index (Phi) is 5.35. The molecule has 1 aliphatic heterocycles. The Bertz CT molecular complexity index is 424. The first-order valence-corrected chi connectivity index (χ1v) is 7.30. The van der Waals surface area contributed by atoms with E-state index in [1.165, 1.54) is 0 Å². The van der Waals surface area contributed by atoms with Crippen LogP contribution in [0, 0.1) is 5.92 Å². The van der Waals surface area contributed by atoms with Gasteiger partial charge in [-0.2, -0.15) is 0 Å². The molecule has 0 unspecified atom stereocenters. The minimum absolute atomic E-state index is 0.0139. The highest BCUT2D eigenvalue weighted by Gasteiger charge is 2.24. The maximum atomic E-state index is 12.3. The molecule has 0 spiro atoms. The van der Waals surface area contributed by atoms with Crippen LogP contribution in [0.15, 0.2) is 24.5 Å². The van der Waals surface area contributed by atoms with Crippen LogP contribution < -0.4 is 5.32 Å². The van der Waals surface area contributed by atoms with Crippen molar-refractivity contribution in [1.29, 1.82) is 0 Å².